The summed E-state index contributed by atoms with van der Waals surface area (Å²) in [5.74, 6) is 5.51. The molecule has 112 valence electrons. The molecule has 1 aliphatic heterocycles. The molecular formula is C17H22N2O2. The summed E-state index contributed by atoms with van der Waals surface area (Å²) in [5.41, 5.74) is 1.43. The average Bonchev–Trinajstić information content (AvgIpc) is 2.52. The molecule has 1 unspecified atom stereocenters. The van der Waals surface area contributed by atoms with E-state index in [1.54, 1.807) is 6.07 Å². The van der Waals surface area contributed by atoms with Gasteiger partial charge in [-0.1, -0.05) is 17.9 Å². The molecule has 1 aromatic rings. The minimum absolute atomic E-state index is 0.0641. The molecule has 1 atom stereocenters. The van der Waals surface area contributed by atoms with Gasteiger partial charge in [0.25, 0.3) is 5.91 Å². The van der Waals surface area contributed by atoms with Gasteiger partial charge in [-0.05, 0) is 45.1 Å². The minimum atomic E-state index is -0.172. The standard InChI is InChI=1S/C17H22N2O2/c1-18(2)16-9-4-10-19(13-16)17(21)15-8-3-6-14(12-15)7-5-11-20/h3,6,8,12,16,20H,4,9-11,13H2,1-2H3. The second-order valence-electron chi connectivity index (χ2n) is 5.55. The molecule has 0 aliphatic carbocycles. The van der Waals surface area contributed by atoms with Crippen LogP contribution in [0.5, 0.6) is 0 Å². The van der Waals surface area contributed by atoms with Crippen molar-refractivity contribution >= 4 is 5.91 Å². The van der Waals surface area contributed by atoms with Gasteiger partial charge in [-0.15, -0.1) is 0 Å². The maximum Gasteiger partial charge on any atom is 0.253 e. The van der Waals surface area contributed by atoms with Gasteiger partial charge in [0.15, 0.2) is 0 Å². The first-order valence-electron chi connectivity index (χ1n) is 7.27. The molecule has 0 radical (unpaired) electrons. The highest BCUT2D eigenvalue weighted by Gasteiger charge is 2.25. The molecule has 1 heterocycles. The van der Waals surface area contributed by atoms with Crippen LogP contribution >= 0.6 is 0 Å². The summed E-state index contributed by atoms with van der Waals surface area (Å²) in [7, 11) is 4.12. The molecule has 1 amide bonds. The number of benzene rings is 1. The number of hydrogen-bond acceptors (Lipinski definition) is 3. The van der Waals surface area contributed by atoms with E-state index in [-0.39, 0.29) is 12.5 Å². The Morgan fingerprint density at radius 3 is 3.00 bits per heavy atom. The summed E-state index contributed by atoms with van der Waals surface area (Å²) in [4.78, 5) is 16.7. The Labute approximate surface area is 126 Å². The topological polar surface area (TPSA) is 43.8 Å². The molecule has 0 aromatic heterocycles. The molecule has 4 heteroatoms. The molecule has 0 bridgehead atoms. The first-order valence-corrected chi connectivity index (χ1v) is 7.27. The van der Waals surface area contributed by atoms with Crippen LogP contribution in [0.4, 0.5) is 0 Å². The van der Waals surface area contributed by atoms with Gasteiger partial charge in [-0.25, -0.2) is 0 Å². The van der Waals surface area contributed by atoms with Crippen LogP contribution in [0, 0.1) is 11.8 Å². The lowest BCUT2D eigenvalue weighted by Gasteiger charge is -2.36. The Balaban J connectivity index is 2.12. The lowest BCUT2D eigenvalue weighted by atomic mass is 10.0. The zero-order valence-corrected chi connectivity index (χ0v) is 12.7. The van der Waals surface area contributed by atoms with Crippen LogP contribution in [0.15, 0.2) is 24.3 Å². The van der Waals surface area contributed by atoms with E-state index < -0.39 is 0 Å². The number of aliphatic hydroxyl groups excluding tert-OH is 1. The van der Waals surface area contributed by atoms with Crippen molar-refractivity contribution in [2.45, 2.75) is 18.9 Å². The van der Waals surface area contributed by atoms with E-state index in [2.05, 4.69) is 30.8 Å². The van der Waals surface area contributed by atoms with Crippen LogP contribution in [0.1, 0.15) is 28.8 Å². The Hall–Kier alpha value is -1.83. The van der Waals surface area contributed by atoms with Crippen LogP contribution < -0.4 is 0 Å². The third kappa shape index (κ3) is 4.07. The molecule has 4 nitrogen and oxygen atoms in total. The van der Waals surface area contributed by atoms with Crippen LogP contribution in [-0.2, 0) is 0 Å². The quantitative estimate of drug-likeness (QED) is 0.831. The highest BCUT2D eigenvalue weighted by molar-refractivity contribution is 5.94. The smallest absolute Gasteiger partial charge is 0.253 e. The summed E-state index contributed by atoms with van der Waals surface area (Å²) >= 11 is 0. The number of nitrogens with zero attached hydrogens (tertiary/aromatic N) is 2. The molecule has 0 spiro atoms. The number of piperidine rings is 1. The molecule has 1 saturated heterocycles. The van der Waals surface area contributed by atoms with Gasteiger partial charge in [0, 0.05) is 30.3 Å². The number of carbonyl (C=O) groups excluding carboxylic acids is 1. The maximum atomic E-state index is 12.6. The van der Waals surface area contributed by atoms with E-state index >= 15 is 0 Å². The molecule has 2 rings (SSSR count). The summed E-state index contributed by atoms with van der Waals surface area (Å²) in [5, 5.41) is 8.74. The van der Waals surface area contributed by atoms with Gasteiger partial charge < -0.3 is 14.9 Å². The molecule has 1 fully saturated rings. The van der Waals surface area contributed by atoms with Gasteiger partial charge in [0.2, 0.25) is 0 Å². The van der Waals surface area contributed by atoms with Crippen molar-refractivity contribution in [3.05, 3.63) is 35.4 Å². The predicted molar refractivity (Wildman–Crippen MR) is 83.0 cm³/mol. The van der Waals surface area contributed by atoms with Crippen LogP contribution in [0.25, 0.3) is 0 Å². The third-order valence-electron chi connectivity index (χ3n) is 3.84. The fourth-order valence-corrected chi connectivity index (χ4v) is 2.61. The van der Waals surface area contributed by atoms with E-state index in [0.29, 0.717) is 11.6 Å². The van der Waals surface area contributed by atoms with Crippen molar-refractivity contribution in [2.75, 3.05) is 33.8 Å². The Morgan fingerprint density at radius 1 is 1.48 bits per heavy atom. The number of rotatable bonds is 2. The normalized spacial score (nSPS) is 18.3. The van der Waals surface area contributed by atoms with Crippen molar-refractivity contribution in [3.8, 4) is 11.8 Å². The van der Waals surface area contributed by atoms with Gasteiger partial charge in [0.05, 0.1) is 0 Å². The zero-order valence-electron chi connectivity index (χ0n) is 12.7. The summed E-state index contributed by atoms with van der Waals surface area (Å²) in [6, 6.07) is 7.73. The zero-order chi connectivity index (χ0) is 15.2. The maximum absolute atomic E-state index is 12.6. The lowest BCUT2D eigenvalue weighted by Crippen LogP contribution is -2.47. The molecule has 0 saturated carbocycles. The van der Waals surface area contributed by atoms with Crippen molar-refractivity contribution < 1.29 is 9.90 Å². The van der Waals surface area contributed by atoms with Crippen LogP contribution in [-0.4, -0.2) is 60.6 Å². The second-order valence-corrected chi connectivity index (χ2v) is 5.55. The molecular weight excluding hydrogens is 264 g/mol. The predicted octanol–water partition coefficient (Wildman–Crippen LogP) is 1.20. The van der Waals surface area contributed by atoms with Crippen molar-refractivity contribution in [2.24, 2.45) is 0 Å². The number of hydrogen-bond donors (Lipinski definition) is 1. The largest absolute Gasteiger partial charge is 0.384 e. The van der Waals surface area contributed by atoms with Gasteiger partial charge >= 0.3 is 0 Å². The summed E-state index contributed by atoms with van der Waals surface area (Å²) in [6.45, 7) is 1.42. The van der Waals surface area contributed by atoms with Crippen molar-refractivity contribution in [1.82, 2.24) is 9.80 Å². The highest BCUT2D eigenvalue weighted by Crippen LogP contribution is 2.17. The number of likely N-dealkylation sites (tertiary alicyclic amines) is 1. The minimum Gasteiger partial charge on any atom is -0.384 e. The van der Waals surface area contributed by atoms with Crippen molar-refractivity contribution in [1.29, 1.82) is 0 Å². The van der Waals surface area contributed by atoms with E-state index in [9.17, 15) is 4.79 Å². The fraction of sp³-hybridized carbons (Fsp3) is 0.471. The van der Waals surface area contributed by atoms with E-state index in [1.807, 2.05) is 23.1 Å². The highest BCUT2D eigenvalue weighted by atomic mass is 16.2. The number of carbonyl (C=O) groups is 1. The van der Waals surface area contributed by atoms with Crippen LogP contribution in [0.2, 0.25) is 0 Å². The number of amides is 1. The molecule has 21 heavy (non-hydrogen) atoms. The Kier molecular flexibility index (Phi) is 5.38. The summed E-state index contributed by atoms with van der Waals surface area (Å²) < 4.78 is 0. The first-order chi connectivity index (χ1) is 10.1. The number of likely N-dealkylation sites (N-methyl/N-ethyl adjacent to an activating group) is 1. The third-order valence-corrected chi connectivity index (χ3v) is 3.84. The Morgan fingerprint density at radius 2 is 2.29 bits per heavy atom. The van der Waals surface area contributed by atoms with Gasteiger partial charge in [-0.3, -0.25) is 4.79 Å². The monoisotopic (exact) mass is 286 g/mol. The molecule has 1 N–H and O–H groups in total. The summed E-state index contributed by atoms with van der Waals surface area (Å²) in [6.07, 6.45) is 2.18. The first kappa shape index (κ1) is 15.6. The molecule has 1 aliphatic rings. The lowest BCUT2D eigenvalue weighted by molar-refractivity contribution is 0.0635. The SMILES string of the molecule is CN(C)C1CCCN(C(=O)c2cccc(C#CCO)c2)C1. The average molecular weight is 286 g/mol. The van der Waals surface area contributed by atoms with Crippen LogP contribution in [0.3, 0.4) is 0 Å². The van der Waals surface area contributed by atoms with Gasteiger partial charge in [0.1, 0.15) is 6.61 Å². The van der Waals surface area contributed by atoms with E-state index in [1.165, 1.54) is 0 Å². The van der Waals surface area contributed by atoms with Crippen molar-refractivity contribution in [3.63, 3.8) is 0 Å². The van der Waals surface area contributed by atoms with E-state index in [4.69, 9.17) is 5.11 Å². The fourth-order valence-electron chi connectivity index (χ4n) is 2.61. The molecule has 1 aromatic carbocycles. The Bertz CT molecular complexity index is 557. The number of aliphatic hydroxyl groups is 1. The second kappa shape index (κ2) is 7.26. The van der Waals surface area contributed by atoms with E-state index in [0.717, 1.165) is 31.5 Å². The van der Waals surface area contributed by atoms with Gasteiger partial charge in [-0.2, -0.15) is 0 Å².